The summed E-state index contributed by atoms with van der Waals surface area (Å²) in [6.07, 6.45) is 3.12. The van der Waals surface area contributed by atoms with Gasteiger partial charge in [-0.2, -0.15) is 9.19 Å². The molecule has 0 bridgehead atoms. The average Bonchev–Trinajstić information content (AvgIpc) is 2.93. The number of aryl methyl sites for hydroxylation is 1. The third-order valence-corrected chi connectivity index (χ3v) is 4.88. The van der Waals surface area contributed by atoms with Crippen molar-refractivity contribution in [1.82, 2.24) is 13.8 Å². The Balaban J connectivity index is 2.19. The fraction of sp³-hybridized carbons (Fsp3) is 0.538. The van der Waals surface area contributed by atoms with Crippen LogP contribution in [0.3, 0.4) is 0 Å². The van der Waals surface area contributed by atoms with Gasteiger partial charge in [0.1, 0.15) is 5.52 Å². The second-order valence-electron chi connectivity index (χ2n) is 6.44. The maximum absolute atomic E-state index is 13.0. The second kappa shape index (κ2) is 4.84. The standard InChI is InChI=1S/C13H17BFN3O3S/c1-12(2)13(3,4)21-14(20-12)9-7-17(5)11(19)10-8(9)6-16-18(10)22-15/h6-7H,1-5H3. The summed E-state index contributed by atoms with van der Waals surface area (Å²) in [6, 6.07) is 0. The first-order valence-electron chi connectivity index (χ1n) is 6.90. The molecule has 0 radical (unpaired) electrons. The molecule has 1 fully saturated rings. The van der Waals surface area contributed by atoms with Crippen LogP contribution in [0.15, 0.2) is 17.2 Å². The molecule has 6 nitrogen and oxygen atoms in total. The van der Waals surface area contributed by atoms with E-state index < -0.39 is 18.3 Å². The molecule has 1 aliphatic rings. The third kappa shape index (κ3) is 2.11. The first-order chi connectivity index (χ1) is 10.2. The highest BCUT2D eigenvalue weighted by Gasteiger charge is 2.52. The maximum Gasteiger partial charge on any atom is 0.497 e. The predicted octanol–water partition coefficient (Wildman–Crippen LogP) is 1.41. The van der Waals surface area contributed by atoms with Crippen molar-refractivity contribution in [3.8, 4) is 0 Å². The van der Waals surface area contributed by atoms with Crippen LogP contribution < -0.4 is 11.0 Å². The molecule has 22 heavy (non-hydrogen) atoms. The largest absolute Gasteiger partial charge is 0.497 e. The summed E-state index contributed by atoms with van der Waals surface area (Å²) in [5.74, 6) is 0. The van der Waals surface area contributed by atoms with E-state index >= 15 is 0 Å². The zero-order valence-electron chi connectivity index (χ0n) is 13.1. The van der Waals surface area contributed by atoms with Crippen molar-refractivity contribution >= 4 is 35.8 Å². The fourth-order valence-electron chi connectivity index (χ4n) is 2.45. The summed E-state index contributed by atoms with van der Waals surface area (Å²) in [7, 11) is 0.970. The molecule has 0 saturated carbocycles. The van der Waals surface area contributed by atoms with E-state index in [0.29, 0.717) is 10.8 Å². The topological polar surface area (TPSA) is 58.3 Å². The molecule has 0 aromatic carbocycles. The molecule has 1 aliphatic heterocycles. The number of hydrogen-bond donors (Lipinski definition) is 0. The van der Waals surface area contributed by atoms with Crippen LogP contribution in [0.5, 0.6) is 0 Å². The van der Waals surface area contributed by atoms with E-state index in [-0.39, 0.29) is 23.4 Å². The van der Waals surface area contributed by atoms with Crippen molar-refractivity contribution in [1.29, 1.82) is 0 Å². The zero-order valence-corrected chi connectivity index (χ0v) is 13.9. The number of halogens is 1. The molecule has 0 spiro atoms. The molecule has 118 valence electrons. The molecule has 2 aromatic heterocycles. The first kappa shape index (κ1) is 15.6. The zero-order chi connectivity index (χ0) is 16.3. The van der Waals surface area contributed by atoms with E-state index in [4.69, 9.17) is 9.31 Å². The van der Waals surface area contributed by atoms with Crippen molar-refractivity contribution in [3.05, 3.63) is 22.7 Å². The molecular formula is C13H17BFN3O3S. The van der Waals surface area contributed by atoms with Gasteiger partial charge in [0, 0.05) is 24.1 Å². The Hall–Kier alpha value is -1.32. The summed E-state index contributed by atoms with van der Waals surface area (Å²) in [5.41, 5.74) is -0.469. The Bertz CT molecular complexity index is 786. The van der Waals surface area contributed by atoms with E-state index in [0.717, 1.165) is 4.09 Å². The van der Waals surface area contributed by atoms with Crippen LogP contribution in [0.1, 0.15) is 27.7 Å². The number of rotatable bonds is 2. The lowest BCUT2D eigenvalue weighted by molar-refractivity contribution is 0.00578. The molecule has 0 unspecified atom stereocenters. The van der Waals surface area contributed by atoms with Gasteiger partial charge < -0.3 is 13.9 Å². The molecule has 1 saturated heterocycles. The molecule has 3 heterocycles. The van der Waals surface area contributed by atoms with Gasteiger partial charge in [0.25, 0.3) is 5.56 Å². The van der Waals surface area contributed by atoms with Crippen LogP contribution in [-0.4, -0.2) is 32.1 Å². The summed E-state index contributed by atoms with van der Waals surface area (Å²) in [4.78, 5) is 12.2. The summed E-state index contributed by atoms with van der Waals surface area (Å²) < 4.78 is 27.4. The molecule has 2 aromatic rings. The predicted molar refractivity (Wildman–Crippen MR) is 84.8 cm³/mol. The SMILES string of the molecule is Cn1cc(B2OC(C)(C)C(C)(C)O2)c2cnn(SF)c2c1=O. The van der Waals surface area contributed by atoms with Gasteiger partial charge in [-0.3, -0.25) is 4.79 Å². The fourth-order valence-corrected chi connectivity index (χ4v) is 2.78. The smallest absolute Gasteiger partial charge is 0.399 e. The van der Waals surface area contributed by atoms with Gasteiger partial charge in [-0.1, -0.05) is 0 Å². The summed E-state index contributed by atoms with van der Waals surface area (Å²) in [6.45, 7) is 7.81. The van der Waals surface area contributed by atoms with Gasteiger partial charge in [-0.05, 0) is 27.7 Å². The van der Waals surface area contributed by atoms with Gasteiger partial charge in [0.05, 0.1) is 17.4 Å². The van der Waals surface area contributed by atoms with Crippen molar-refractivity contribution in [3.63, 3.8) is 0 Å². The van der Waals surface area contributed by atoms with E-state index in [9.17, 15) is 8.68 Å². The van der Waals surface area contributed by atoms with Gasteiger partial charge in [0.15, 0.2) is 12.3 Å². The van der Waals surface area contributed by atoms with Crippen molar-refractivity contribution in [2.45, 2.75) is 38.9 Å². The minimum Gasteiger partial charge on any atom is -0.399 e. The second-order valence-corrected chi connectivity index (χ2v) is 6.92. The molecule has 0 amide bonds. The molecular weight excluding hydrogens is 308 g/mol. The average molecular weight is 325 g/mol. The van der Waals surface area contributed by atoms with Crippen molar-refractivity contribution < 1.29 is 13.2 Å². The highest BCUT2D eigenvalue weighted by Crippen LogP contribution is 2.36. The third-order valence-electron chi connectivity index (χ3n) is 4.48. The van der Waals surface area contributed by atoms with Crippen LogP contribution >= 0.6 is 12.3 Å². The highest BCUT2D eigenvalue weighted by atomic mass is 32.2. The number of hydrogen-bond acceptors (Lipinski definition) is 5. The monoisotopic (exact) mass is 325 g/mol. The lowest BCUT2D eigenvalue weighted by Gasteiger charge is -2.32. The Kier molecular flexibility index (Phi) is 3.43. The number of aromatic nitrogens is 3. The quantitative estimate of drug-likeness (QED) is 0.782. The number of fused-ring (bicyclic) bond motifs is 1. The lowest BCUT2D eigenvalue weighted by Crippen LogP contribution is -2.41. The van der Waals surface area contributed by atoms with Crippen molar-refractivity contribution in [2.24, 2.45) is 7.05 Å². The summed E-state index contributed by atoms with van der Waals surface area (Å²) in [5, 5.41) is 4.43. The Labute approximate surface area is 132 Å². The minimum atomic E-state index is -0.637. The molecule has 0 aliphatic carbocycles. The van der Waals surface area contributed by atoms with Crippen LogP contribution in [0.2, 0.25) is 0 Å². The van der Waals surface area contributed by atoms with Crippen LogP contribution in [0, 0.1) is 0 Å². The number of nitrogens with zero attached hydrogens (tertiary/aromatic N) is 3. The van der Waals surface area contributed by atoms with Crippen LogP contribution in [0.4, 0.5) is 3.89 Å². The first-order valence-corrected chi connectivity index (χ1v) is 7.57. The molecule has 3 rings (SSSR count). The molecule has 0 atom stereocenters. The highest BCUT2D eigenvalue weighted by molar-refractivity contribution is 7.92. The normalized spacial score (nSPS) is 20.0. The molecule has 0 N–H and O–H groups in total. The lowest BCUT2D eigenvalue weighted by atomic mass is 9.78. The van der Waals surface area contributed by atoms with E-state index in [1.807, 2.05) is 27.7 Å². The summed E-state index contributed by atoms with van der Waals surface area (Å²) >= 11 is -0.111. The van der Waals surface area contributed by atoms with E-state index in [2.05, 4.69) is 5.10 Å². The van der Waals surface area contributed by atoms with Crippen LogP contribution in [0.25, 0.3) is 10.9 Å². The Morgan fingerprint density at radius 3 is 2.41 bits per heavy atom. The van der Waals surface area contributed by atoms with Gasteiger partial charge in [-0.15, -0.1) is 3.89 Å². The Morgan fingerprint density at radius 2 is 1.86 bits per heavy atom. The van der Waals surface area contributed by atoms with E-state index in [1.54, 1.807) is 13.2 Å². The number of pyridine rings is 1. The van der Waals surface area contributed by atoms with Gasteiger partial charge >= 0.3 is 7.12 Å². The van der Waals surface area contributed by atoms with Crippen LogP contribution in [-0.2, 0) is 16.4 Å². The minimum absolute atomic E-state index is 0.111. The maximum atomic E-state index is 13.0. The van der Waals surface area contributed by atoms with Gasteiger partial charge in [-0.25, -0.2) is 0 Å². The van der Waals surface area contributed by atoms with Crippen molar-refractivity contribution in [2.75, 3.05) is 0 Å². The van der Waals surface area contributed by atoms with Gasteiger partial charge in [0.2, 0.25) is 0 Å². The molecule has 9 heteroatoms. The Morgan fingerprint density at radius 1 is 1.27 bits per heavy atom. The van der Waals surface area contributed by atoms with E-state index in [1.165, 1.54) is 10.8 Å².